The maximum atomic E-state index is 11.8. The zero-order valence-electron chi connectivity index (χ0n) is 18.9. The quantitative estimate of drug-likeness (QED) is 0.560. The van der Waals surface area contributed by atoms with Crippen molar-refractivity contribution in [3.63, 3.8) is 0 Å². The van der Waals surface area contributed by atoms with Gasteiger partial charge in [0, 0.05) is 37.9 Å². The van der Waals surface area contributed by atoms with Crippen molar-refractivity contribution in [2.75, 3.05) is 33.9 Å². The minimum Gasteiger partial charge on any atom is -0.497 e. The van der Waals surface area contributed by atoms with E-state index in [2.05, 4.69) is 37.1 Å². The van der Waals surface area contributed by atoms with Crippen LogP contribution in [-0.4, -0.2) is 55.5 Å². The van der Waals surface area contributed by atoms with Gasteiger partial charge in [-0.1, -0.05) is 12.1 Å². The highest BCUT2D eigenvalue weighted by atomic mass is 16.5. The van der Waals surface area contributed by atoms with Gasteiger partial charge in [0.2, 0.25) is 11.8 Å². The molecule has 7 heteroatoms. The summed E-state index contributed by atoms with van der Waals surface area (Å²) in [6.45, 7) is 4.19. The van der Waals surface area contributed by atoms with Crippen LogP contribution >= 0.6 is 0 Å². The first kappa shape index (κ1) is 22.1. The Morgan fingerprint density at radius 3 is 2.56 bits per heavy atom. The number of nitrogens with zero attached hydrogens (tertiary/aromatic N) is 2. The molecule has 0 aliphatic carbocycles. The number of hydrogen-bond donors (Lipinski definition) is 0. The average molecular weight is 439 g/mol. The fourth-order valence-corrected chi connectivity index (χ4v) is 4.20. The number of likely N-dealkylation sites (tertiary alicyclic amines) is 1. The molecule has 2 heterocycles. The van der Waals surface area contributed by atoms with E-state index in [0.29, 0.717) is 30.9 Å². The summed E-state index contributed by atoms with van der Waals surface area (Å²) in [6, 6.07) is 12.5. The third-order valence-electron chi connectivity index (χ3n) is 6.20. The van der Waals surface area contributed by atoms with Gasteiger partial charge < -0.3 is 14.2 Å². The fourth-order valence-electron chi connectivity index (χ4n) is 4.20. The SMILES string of the molecule is COc1cc(CN(C)C(C)c2ccc3c(c2)CCO3)cc(OCCN2C(=O)CCC2=O)c1. The van der Waals surface area contributed by atoms with Crippen LogP contribution in [0.25, 0.3) is 0 Å². The molecule has 1 atom stereocenters. The van der Waals surface area contributed by atoms with Crippen molar-refractivity contribution in [3.8, 4) is 17.2 Å². The summed E-state index contributed by atoms with van der Waals surface area (Å²) in [6.07, 6.45) is 1.55. The molecule has 32 heavy (non-hydrogen) atoms. The topological polar surface area (TPSA) is 68.3 Å². The van der Waals surface area contributed by atoms with E-state index in [-0.39, 0.29) is 31.0 Å². The Bertz CT molecular complexity index is 990. The predicted molar refractivity (Wildman–Crippen MR) is 120 cm³/mol. The standard InChI is InChI=1S/C25H30N2O5/c1-17(19-4-5-23-20(14-19)8-10-32-23)26(2)16-18-12-21(30-3)15-22(13-18)31-11-9-27-24(28)6-7-25(27)29/h4-5,12-15,17H,6-11,16H2,1-3H3. The van der Waals surface area contributed by atoms with E-state index in [9.17, 15) is 9.59 Å². The van der Waals surface area contributed by atoms with Crippen molar-refractivity contribution < 1.29 is 23.8 Å². The number of amides is 2. The number of methoxy groups -OCH3 is 1. The van der Waals surface area contributed by atoms with Gasteiger partial charge in [-0.2, -0.15) is 0 Å². The minimum absolute atomic E-state index is 0.126. The molecule has 0 bridgehead atoms. The number of rotatable bonds is 9. The van der Waals surface area contributed by atoms with E-state index in [1.807, 2.05) is 18.2 Å². The van der Waals surface area contributed by atoms with E-state index in [1.165, 1.54) is 16.0 Å². The lowest BCUT2D eigenvalue weighted by molar-refractivity contribution is -0.138. The molecule has 2 amide bonds. The number of carbonyl (C=O) groups is 2. The van der Waals surface area contributed by atoms with Crippen LogP contribution in [0.4, 0.5) is 0 Å². The molecular formula is C25H30N2O5. The molecule has 0 spiro atoms. The van der Waals surface area contributed by atoms with Crippen molar-refractivity contribution in [1.82, 2.24) is 9.80 Å². The third-order valence-corrected chi connectivity index (χ3v) is 6.20. The number of ether oxygens (including phenoxy) is 3. The Balaban J connectivity index is 1.40. The van der Waals surface area contributed by atoms with E-state index in [1.54, 1.807) is 7.11 Å². The van der Waals surface area contributed by atoms with Crippen LogP contribution in [0.5, 0.6) is 17.2 Å². The molecule has 7 nitrogen and oxygen atoms in total. The Morgan fingerprint density at radius 2 is 1.81 bits per heavy atom. The zero-order valence-corrected chi connectivity index (χ0v) is 18.9. The Hall–Kier alpha value is -3.06. The molecule has 0 saturated carbocycles. The Labute approximate surface area is 188 Å². The monoisotopic (exact) mass is 438 g/mol. The number of benzene rings is 2. The van der Waals surface area contributed by atoms with Gasteiger partial charge in [0.05, 0.1) is 20.3 Å². The minimum atomic E-state index is -0.126. The highest BCUT2D eigenvalue weighted by Crippen LogP contribution is 2.31. The first-order valence-electron chi connectivity index (χ1n) is 11.0. The molecule has 0 radical (unpaired) electrons. The lowest BCUT2D eigenvalue weighted by atomic mass is 10.0. The fraction of sp³-hybridized carbons (Fsp3) is 0.440. The average Bonchev–Trinajstić information content (AvgIpc) is 3.39. The number of imide groups is 1. The van der Waals surface area contributed by atoms with Crippen molar-refractivity contribution >= 4 is 11.8 Å². The Kier molecular flexibility index (Phi) is 6.65. The molecule has 2 aromatic rings. The first-order valence-corrected chi connectivity index (χ1v) is 11.0. The van der Waals surface area contributed by atoms with Crippen LogP contribution in [0, 0.1) is 0 Å². The number of hydrogen-bond acceptors (Lipinski definition) is 6. The van der Waals surface area contributed by atoms with Crippen LogP contribution in [0.3, 0.4) is 0 Å². The van der Waals surface area contributed by atoms with Gasteiger partial charge in [0.1, 0.15) is 23.9 Å². The molecule has 1 saturated heterocycles. The van der Waals surface area contributed by atoms with Gasteiger partial charge in [0.25, 0.3) is 0 Å². The molecule has 2 aliphatic rings. The second-order valence-electron chi connectivity index (χ2n) is 8.36. The van der Waals surface area contributed by atoms with Gasteiger partial charge in [0.15, 0.2) is 0 Å². The lowest BCUT2D eigenvalue weighted by Crippen LogP contribution is -2.33. The van der Waals surface area contributed by atoms with Crippen molar-refractivity contribution in [1.29, 1.82) is 0 Å². The summed E-state index contributed by atoms with van der Waals surface area (Å²) in [5.41, 5.74) is 3.59. The predicted octanol–water partition coefficient (Wildman–Crippen LogP) is 3.35. The summed E-state index contributed by atoms with van der Waals surface area (Å²) >= 11 is 0. The largest absolute Gasteiger partial charge is 0.497 e. The molecule has 170 valence electrons. The molecule has 2 aliphatic heterocycles. The normalized spacial score (nSPS) is 16.3. The maximum absolute atomic E-state index is 11.8. The van der Waals surface area contributed by atoms with Gasteiger partial charge in [-0.25, -0.2) is 0 Å². The van der Waals surface area contributed by atoms with Crippen LogP contribution < -0.4 is 14.2 Å². The van der Waals surface area contributed by atoms with Crippen LogP contribution in [0.1, 0.15) is 42.5 Å². The number of carbonyl (C=O) groups excluding carboxylic acids is 2. The molecule has 4 rings (SSSR count). The summed E-state index contributed by atoms with van der Waals surface area (Å²) < 4.78 is 16.9. The maximum Gasteiger partial charge on any atom is 0.229 e. The van der Waals surface area contributed by atoms with Crippen molar-refractivity contribution in [2.24, 2.45) is 0 Å². The van der Waals surface area contributed by atoms with Gasteiger partial charge in [-0.05, 0) is 48.9 Å². The van der Waals surface area contributed by atoms with Crippen molar-refractivity contribution in [2.45, 2.75) is 38.8 Å². The molecule has 1 fully saturated rings. The molecule has 1 unspecified atom stereocenters. The van der Waals surface area contributed by atoms with E-state index < -0.39 is 0 Å². The van der Waals surface area contributed by atoms with E-state index in [0.717, 1.165) is 24.3 Å². The van der Waals surface area contributed by atoms with Crippen LogP contribution in [0.2, 0.25) is 0 Å². The summed E-state index contributed by atoms with van der Waals surface area (Å²) in [7, 11) is 3.72. The summed E-state index contributed by atoms with van der Waals surface area (Å²) in [5.74, 6) is 2.11. The van der Waals surface area contributed by atoms with Gasteiger partial charge in [-0.15, -0.1) is 0 Å². The van der Waals surface area contributed by atoms with Gasteiger partial charge in [-0.3, -0.25) is 19.4 Å². The molecular weight excluding hydrogens is 408 g/mol. The highest BCUT2D eigenvalue weighted by Gasteiger charge is 2.28. The van der Waals surface area contributed by atoms with Crippen LogP contribution in [0.15, 0.2) is 36.4 Å². The number of fused-ring (bicyclic) bond motifs is 1. The lowest BCUT2D eigenvalue weighted by Gasteiger charge is -2.26. The smallest absolute Gasteiger partial charge is 0.229 e. The van der Waals surface area contributed by atoms with Gasteiger partial charge >= 0.3 is 0 Å². The third kappa shape index (κ3) is 4.88. The second kappa shape index (κ2) is 9.61. The van der Waals surface area contributed by atoms with E-state index >= 15 is 0 Å². The highest BCUT2D eigenvalue weighted by molar-refractivity contribution is 6.01. The second-order valence-corrected chi connectivity index (χ2v) is 8.36. The first-order chi connectivity index (χ1) is 15.4. The van der Waals surface area contributed by atoms with E-state index in [4.69, 9.17) is 14.2 Å². The Morgan fingerprint density at radius 1 is 1.06 bits per heavy atom. The molecule has 0 aromatic heterocycles. The van der Waals surface area contributed by atoms with Crippen molar-refractivity contribution in [3.05, 3.63) is 53.1 Å². The summed E-state index contributed by atoms with van der Waals surface area (Å²) in [4.78, 5) is 27.1. The molecule has 2 aromatic carbocycles. The van der Waals surface area contributed by atoms with Crippen LogP contribution in [-0.2, 0) is 22.6 Å². The summed E-state index contributed by atoms with van der Waals surface area (Å²) in [5, 5.41) is 0. The molecule has 0 N–H and O–H groups in total. The zero-order chi connectivity index (χ0) is 22.7.